The number of carbonyl (C=O) groups excluding carboxylic acids is 1. The molecule has 0 saturated carbocycles. The van der Waals surface area contributed by atoms with Gasteiger partial charge in [-0.25, -0.2) is 0 Å². The van der Waals surface area contributed by atoms with Gasteiger partial charge in [-0.15, -0.1) is 0 Å². The van der Waals surface area contributed by atoms with E-state index in [0.717, 1.165) is 0 Å². The van der Waals surface area contributed by atoms with E-state index in [1.807, 2.05) is 6.92 Å². The number of hydrogen-bond donors (Lipinski definition) is 0. The fraction of sp³-hybridized carbons (Fsp3) is 0.909. The summed E-state index contributed by atoms with van der Waals surface area (Å²) in [5.74, 6) is 0.243. The number of hydrogen-bond acceptors (Lipinski definition) is 3. The number of amides is 1. The normalized spacial score (nSPS) is 22.3. The highest BCUT2D eigenvalue weighted by atomic mass is 16.5. The maximum atomic E-state index is 11.7. The van der Waals surface area contributed by atoms with E-state index in [0.29, 0.717) is 32.2 Å². The predicted molar refractivity (Wildman–Crippen MR) is 64.4 cm³/mol. The van der Waals surface area contributed by atoms with Gasteiger partial charge in [0.1, 0.15) is 6.54 Å². The zero-order chi connectivity index (χ0) is 12.9. The number of carbonyl (C=O) groups is 1. The van der Waals surface area contributed by atoms with Crippen LogP contribution in [0.4, 0.5) is 0 Å². The van der Waals surface area contributed by atoms with Crippen LogP contribution >= 0.6 is 0 Å². The topological polar surface area (TPSA) is 78.3 Å². The first-order chi connectivity index (χ1) is 8.01. The van der Waals surface area contributed by atoms with Crippen LogP contribution in [0.2, 0.25) is 0 Å². The summed E-state index contributed by atoms with van der Waals surface area (Å²) < 4.78 is 5.44. The molecular formula is C11H20N4O2. The molecule has 0 aromatic carbocycles. The highest BCUT2D eigenvalue weighted by Gasteiger charge is 2.40. The molecule has 0 aromatic rings. The van der Waals surface area contributed by atoms with Gasteiger partial charge in [-0.1, -0.05) is 19.0 Å². The molecule has 1 rings (SSSR count). The van der Waals surface area contributed by atoms with Crippen LogP contribution in [0, 0.1) is 11.3 Å². The van der Waals surface area contributed by atoms with Crippen molar-refractivity contribution in [2.24, 2.45) is 16.4 Å². The fourth-order valence-electron chi connectivity index (χ4n) is 2.12. The number of azide groups is 1. The second-order valence-electron chi connectivity index (χ2n) is 5.01. The average Bonchev–Trinajstić information content (AvgIpc) is 2.59. The highest BCUT2D eigenvalue weighted by molar-refractivity contribution is 5.78. The van der Waals surface area contributed by atoms with Crippen LogP contribution in [-0.2, 0) is 9.53 Å². The van der Waals surface area contributed by atoms with Crippen LogP contribution in [0.25, 0.3) is 10.4 Å². The lowest BCUT2D eigenvalue weighted by Gasteiger charge is -2.24. The van der Waals surface area contributed by atoms with Gasteiger partial charge in [-0.3, -0.25) is 4.79 Å². The Morgan fingerprint density at radius 1 is 1.65 bits per heavy atom. The van der Waals surface area contributed by atoms with Gasteiger partial charge in [0.2, 0.25) is 5.91 Å². The molecule has 96 valence electrons. The van der Waals surface area contributed by atoms with E-state index >= 15 is 0 Å². The molecule has 0 unspecified atom stereocenters. The third-order valence-electron chi connectivity index (χ3n) is 3.29. The van der Waals surface area contributed by atoms with E-state index in [1.165, 1.54) is 0 Å². The summed E-state index contributed by atoms with van der Waals surface area (Å²) in [6.07, 6.45) is 0. The Labute approximate surface area is 102 Å². The van der Waals surface area contributed by atoms with Gasteiger partial charge in [0, 0.05) is 30.5 Å². The van der Waals surface area contributed by atoms with E-state index in [4.69, 9.17) is 10.3 Å². The minimum atomic E-state index is -0.102. The molecular weight excluding hydrogens is 220 g/mol. The Morgan fingerprint density at radius 3 is 2.94 bits per heavy atom. The van der Waals surface area contributed by atoms with Crippen molar-refractivity contribution < 1.29 is 9.53 Å². The smallest absolute Gasteiger partial charge is 0.228 e. The molecule has 1 heterocycles. The molecule has 0 aromatic heterocycles. The van der Waals surface area contributed by atoms with E-state index in [1.54, 1.807) is 4.90 Å². The summed E-state index contributed by atoms with van der Waals surface area (Å²) in [6.45, 7) is 8.90. The van der Waals surface area contributed by atoms with Crippen LogP contribution in [0.1, 0.15) is 20.8 Å². The molecule has 1 aliphatic rings. The predicted octanol–water partition coefficient (Wildman–Crippen LogP) is 1.82. The molecule has 0 aliphatic carbocycles. The molecule has 6 nitrogen and oxygen atoms in total. The zero-order valence-electron chi connectivity index (χ0n) is 10.7. The second-order valence-corrected chi connectivity index (χ2v) is 5.01. The Balaban J connectivity index is 2.57. The van der Waals surface area contributed by atoms with Crippen LogP contribution in [-0.4, -0.2) is 43.7 Å². The lowest BCUT2D eigenvalue weighted by atomic mass is 9.83. The molecule has 0 radical (unpaired) electrons. The first-order valence-corrected chi connectivity index (χ1v) is 5.87. The summed E-state index contributed by atoms with van der Waals surface area (Å²) in [7, 11) is 0. The van der Waals surface area contributed by atoms with Gasteiger partial charge < -0.3 is 9.64 Å². The average molecular weight is 240 g/mol. The molecule has 1 amide bonds. The Kier molecular flexibility index (Phi) is 4.78. The number of likely N-dealkylation sites (tertiary alicyclic amines) is 1. The van der Waals surface area contributed by atoms with Crippen molar-refractivity contribution in [1.29, 1.82) is 0 Å². The first kappa shape index (κ1) is 13.8. The van der Waals surface area contributed by atoms with E-state index in [-0.39, 0.29) is 17.9 Å². The van der Waals surface area contributed by atoms with Crippen molar-refractivity contribution in [3.8, 4) is 0 Å². The van der Waals surface area contributed by atoms with Crippen molar-refractivity contribution in [3.05, 3.63) is 10.4 Å². The van der Waals surface area contributed by atoms with Crippen LogP contribution < -0.4 is 0 Å². The Hall–Kier alpha value is -1.26. The minimum absolute atomic E-state index is 0.0567. The summed E-state index contributed by atoms with van der Waals surface area (Å²) >= 11 is 0. The zero-order valence-corrected chi connectivity index (χ0v) is 10.7. The van der Waals surface area contributed by atoms with E-state index in [9.17, 15) is 4.79 Å². The van der Waals surface area contributed by atoms with Crippen molar-refractivity contribution in [2.75, 3.05) is 32.8 Å². The van der Waals surface area contributed by atoms with E-state index in [2.05, 4.69) is 23.9 Å². The molecule has 0 spiro atoms. The van der Waals surface area contributed by atoms with Crippen LogP contribution in [0.3, 0.4) is 0 Å². The maximum Gasteiger partial charge on any atom is 0.228 e. The molecule has 6 heteroatoms. The number of rotatable bonds is 5. The molecule has 17 heavy (non-hydrogen) atoms. The third-order valence-corrected chi connectivity index (χ3v) is 3.29. The van der Waals surface area contributed by atoms with Crippen LogP contribution in [0.5, 0.6) is 0 Å². The second kappa shape index (κ2) is 5.89. The van der Waals surface area contributed by atoms with Gasteiger partial charge in [0.05, 0.1) is 6.61 Å². The van der Waals surface area contributed by atoms with Crippen molar-refractivity contribution >= 4 is 5.91 Å². The highest BCUT2D eigenvalue weighted by Crippen LogP contribution is 2.35. The lowest BCUT2D eigenvalue weighted by Crippen LogP contribution is -2.31. The SMILES string of the molecule is CCOC[C@H]1CN(C(=O)CN=[N+]=[N-])CC1(C)C. The third kappa shape index (κ3) is 3.61. The fourth-order valence-corrected chi connectivity index (χ4v) is 2.12. The van der Waals surface area contributed by atoms with Gasteiger partial charge in [-0.05, 0) is 17.9 Å². The van der Waals surface area contributed by atoms with Crippen molar-refractivity contribution in [3.63, 3.8) is 0 Å². The molecule has 1 saturated heterocycles. The van der Waals surface area contributed by atoms with Gasteiger partial charge in [-0.2, -0.15) is 0 Å². The molecule has 1 fully saturated rings. The summed E-state index contributed by atoms with van der Waals surface area (Å²) in [6, 6.07) is 0. The number of ether oxygens (including phenoxy) is 1. The molecule has 1 atom stereocenters. The summed E-state index contributed by atoms with van der Waals surface area (Å²) in [5.41, 5.74) is 8.25. The Bertz CT molecular complexity index is 323. The first-order valence-electron chi connectivity index (χ1n) is 5.87. The minimum Gasteiger partial charge on any atom is -0.381 e. The quantitative estimate of drug-likeness (QED) is 0.417. The summed E-state index contributed by atoms with van der Waals surface area (Å²) in [4.78, 5) is 16.1. The monoisotopic (exact) mass is 240 g/mol. The van der Waals surface area contributed by atoms with Gasteiger partial charge in [0.25, 0.3) is 0 Å². The van der Waals surface area contributed by atoms with Crippen LogP contribution in [0.15, 0.2) is 5.11 Å². The largest absolute Gasteiger partial charge is 0.381 e. The van der Waals surface area contributed by atoms with Gasteiger partial charge >= 0.3 is 0 Å². The van der Waals surface area contributed by atoms with Gasteiger partial charge in [0.15, 0.2) is 0 Å². The lowest BCUT2D eigenvalue weighted by molar-refractivity contribution is -0.129. The Morgan fingerprint density at radius 2 is 2.35 bits per heavy atom. The standard InChI is InChI=1S/C11H20N4O2/c1-4-17-7-9-6-15(8-11(9,2)3)10(16)5-13-14-12/h9H,4-8H2,1-3H3/t9-/m1/s1. The number of nitrogens with zero attached hydrogens (tertiary/aromatic N) is 4. The van der Waals surface area contributed by atoms with E-state index < -0.39 is 0 Å². The molecule has 0 bridgehead atoms. The summed E-state index contributed by atoms with van der Waals surface area (Å²) in [5, 5.41) is 3.31. The maximum absolute atomic E-state index is 11.7. The van der Waals surface area contributed by atoms with Crippen molar-refractivity contribution in [2.45, 2.75) is 20.8 Å². The molecule has 0 N–H and O–H groups in total. The molecule has 1 aliphatic heterocycles. The van der Waals surface area contributed by atoms with Crippen molar-refractivity contribution in [1.82, 2.24) is 4.90 Å².